The maximum absolute atomic E-state index is 12.6. The van der Waals surface area contributed by atoms with Gasteiger partial charge in [-0.05, 0) is 48.9 Å². The molecule has 2 amide bonds. The number of carbonyl (C=O) groups excluding carboxylic acids is 2. The van der Waals surface area contributed by atoms with Gasteiger partial charge in [0.1, 0.15) is 0 Å². The number of carbonyl (C=O) groups is 2. The predicted molar refractivity (Wildman–Crippen MR) is 121 cm³/mol. The number of amides is 2. The van der Waals surface area contributed by atoms with Crippen LogP contribution in [0.5, 0.6) is 0 Å². The number of rotatable bonds is 9. The molecule has 162 valence electrons. The molecular formula is C23H23Cl2N3O3. The van der Waals surface area contributed by atoms with E-state index in [0.29, 0.717) is 41.2 Å². The summed E-state index contributed by atoms with van der Waals surface area (Å²) in [4.78, 5) is 30.6. The van der Waals surface area contributed by atoms with Gasteiger partial charge in [0.2, 0.25) is 11.8 Å². The van der Waals surface area contributed by atoms with E-state index in [0.717, 1.165) is 11.1 Å². The summed E-state index contributed by atoms with van der Waals surface area (Å²) in [5, 5.41) is 4.11. The van der Waals surface area contributed by atoms with Gasteiger partial charge in [-0.3, -0.25) is 9.59 Å². The Morgan fingerprint density at radius 2 is 1.68 bits per heavy atom. The van der Waals surface area contributed by atoms with Crippen molar-refractivity contribution in [2.75, 3.05) is 13.1 Å². The van der Waals surface area contributed by atoms with Gasteiger partial charge in [0.25, 0.3) is 0 Å². The van der Waals surface area contributed by atoms with Gasteiger partial charge in [0.15, 0.2) is 11.7 Å². The normalized spacial score (nSPS) is 10.7. The van der Waals surface area contributed by atoms with Crippen LogP contribution in [-0.2, 0) is 22.6 Å². The number of hydrogen-bond donors (Lipinski definition) is 1. The van der Waals surface area contributed by atoms with Crippen LogP contribution in [0.4, 0.5) is 0 Å². The highest BCUT2D eigenvalue weighted by Crippen LogP contribution is 2.22. The average molecular weight is 460 g/mol. The Kier molecular flexibility index (Phi) is 8.09. The van der Waals surface area contributed by atoms with Gasteiger partial charge < -0.3 is 14.6 Å². The quantitative estimate of drug-likeness (QED) is 0.500. The lowest BCUT2D eigenvalue weighted by Crippen LogP contribution is -2.40. The minimum atomic E-state index is -0.216. The van der Waals surface area contributed by atoms with Crippen molar-refractivity contribution in [1.82, 2.24) is 15.2 Å². The fraction of sp³-hybridized carbons (Fsp3) is 0.261. The molecule has 0 aliphatic heterocycles. The van der Waals surface area contributed by atoms with Gasteiger partial charge in [0, 0.05) is 41.5 Å². The van der Waals surface area contributed by atoms with E-state index in [4.69, 9.17) is 27.6 Å². The molecule has 0 unspecified atom stereocenters. The molecule has 0 atom stereocenters. The fourth-order valence-corrected chi connectivity index (χ4v) is 3.21. The molecule has 0 radical (unpaired) electrons. The minimum Gasteiger partial charge on any atom is -0.441 e. The van der Waals surface area contributed by atoms with Crippen LogP contribution >= 0.6 is 23.2 Å². The Morgan fingerprint density at radius 3 is 2.32 bits per heavy atom. The Labute approximate surface area is 191 Å². The summed E-state index contributed by atoms with van der Waals surface area (Å²) >= 11 is 11.8. The van der Waals surface area contributed by atoms with E-state index in [1.165, 1.54) is 4.90 Å². The van der Waals surface area contributed by atoms with E-state index in [1.807, 2.05) is 31.2 Å². The number of hydrogen-bond acceptors (Lipinski definition) is 4. The number of nitrogens with one attached hydrogen (secondary N) is 1. The first kappa shape index (κ1) is 22.8. The molecule has 6 nitrogen and oxygen atoms in total. The molecule has 1 N–H and O–H groups in total. The van der Waals surface area contributed by atoms with Crippen molar-refractivity contribution >= 4 is 35.0 Å². The van der Waals surface area contributed by atoms with Gasteiger partial charge >= 0.3 is 0 Å². The largest absolute Gasteiger partial charge is 0.441 e. The Hall–Kier alpha value is -2.83. The summed E-state index contributed by atoms with van der Waals surface area (Å²) in [5.41, 5.74) is 1.80. The van der Waals surface area contributed by atoms with Crippen LogP contribution < -0.4 is 5.32 Å². The van der Waals surface area contributed by atoms with Crippen molar-refractivity contribution in [2.45, 2.75) is 26.3 Å². The maximum atomic E-state index is 12.6. The molecule has 3 rings (SSSR count). The predicted octanol–water partition coefficient (Wildman–Crippen LogP) is 4.75. The Balaban J connectivity index is 1.47. The van der Waals surface area contributed by atoms with E-state index < -0.39 is 0 Å². The van der Waals surface area contributed by atoms with E-state index >= 15 is 0 Å². The number of aryl methyl sites for hydroxylation is 1. The van der Waals surface area contributed by atoms with Crippen molar-refractivity contribution in [3.63, 3.8) is 0 Å². The zero-order chi connectivity index (χ0) is 22.2. The number of likely N-dealkylation sites (N-methyl/N-ethyl adjacent to an activating group) is 1. The van der Waals surface area contributed by atoms with E-state index in [-0.39, 0.29) is 24.8 Å². The second-order valence-corrected chi connectivity index (χ2v) is 7.81. The lowest BCUT2D eigenvalue weighted by atomic mass is 10.2. The third-order valence-corrected chi connectivity index (χ3v) is 5.21. The molecule has 1 aromatic heterocycles. The van der Waals surface area contributed by atoms with Crippen LogP contribution in [0.15, 0.2) is 59.1 Å². The smallest absolute Gasteiger partial charge is 0.239 e. The summed E-state index contributed by atoms with van der Waals surface area (Å²) in [7, 11) is 0. The topological polar surface area (TPSA) is 75.4 Å². The highest BCUT2D eigenvalue weighted by atomic mass is 35.5. The van der Waals surface area contributed by atoms with Gasteiger partial charge in [-0.25, -0.2) is 4.98 Å². The standard InChI is InChI=1S/C23H23Cl2N3O3/c1-2-28(15-21(29)26-13-16-3-7-18(24)8-4-16)23(30)12-11-22-27-14-20(31-22)17-5-9-19(25)10-6-17/h3-10,14H,2,11-13,15H2,1H3,(H,26,29). The number of halogens is 2. The van der Waals surface area contributed by atoms with Crippen LogP contribution in [0.25, 0.3) is 11.3 Å². The van der Waals surface area contributed by atoms with E-state index in [1.54, 1.807) is 30.5 Å². The fourth-order valence-electron chi connectivity index (χ4n) is 2.95. The molecular weight excluding hydrogens is 437 g/mol. The average Bonchev–Trinajstić information content (AvgIpc) is 3.25. The zero-order valence-electron chi connectivity index (χ0n) is 17.1. The number of nitrogens with zero attached hydrogens (tertiary/aromatic N) is 2. The molecule has 0 saturated carbocycles. The van der Waals surface area contributed by atoms with E-state index in [2.05, 4.69) is 10.3 Å². The zero-order valence-corrected chi connectivity index (χ0v) is 18.6. The maximum Gasteiger partial charge on any atom is 0.239 e. The van der Waals surface area contributed by atoms with Crippen molar-refractivity contribution < 1.29 is 14.0 Å². The number of benzene rings is 2. The highest BCUT2D eigenvalue weighted by molar-refractivity contribution is 6.30. The molecule has 0 spiro atoms. The van der Waals surface area contributed by atoms with Gasteiger partial charge in [-0.2, -0.15) is 0 Å². The molecule has 0 aliphatic carbocycles. The van der Waals surface area contributed by atoms with Crippen molar-refractivity contribution in [3.8, 4) is 11.3 Å². The lowest BCUT2D eigenvalue weighted by molar-refractivity contribution is -0.135. The molecule has 8 heteroatoms. The summed E-state index contributed by atoms with van der Waals surface area (Å²) in [6.07, 6.45) is 2.19. The first-order valence-corrected chi connectivity index (χ1v) is 10.7. The van der Waals surface area contributed by atoms with Crippen LogP contribution in [-0.4, -0.2) is 34.8 Å². The summed E-state index contributed by atoms with van der Waals surface area (Å²) < 4.78 is 5.74. The Morgan fingerprint density at radius 1 is 1.03 bits per heavy atom. The SMILES string of the molecule is CCN(CC(=O)NCc1ccc(Cl)cc1)C(=O)CCc1ncc(-c2ccc(Cl)cc2)o1. The monoisotopic (exact) mass is 459 g/mol. The van der Waals surface area contributed by atoms with Crippen molar-refractivity contribution in [1.29, 1.82) is 0 Å². The van der Waals surface area contributed by atoms with Crippen LogP contribution in [0.1, 0.15) is 24.8 Å². The third-order valence-electron chi connectivity index (χ3n) is 4.71. The molecule has 0 bridgehead atoms. The summed E-state index contributed by atoms with van der Waals surface area (Å²) in [5.74, 6) is 0.747. The van der Waals surface area contributed by atoms with Crippen molar-refractivity contribution in [3.05, 3.63) is 76.2 Å². The second-order valence-electron chi connectivity index (χ2n) is 6.94. The number of aromatic nitrogens is 1. The molecule has 2 aromatic carbocycles. The lowest BCUT2D eigenvalue weighted by Gasteiger charge is -2.20. The molecule has 31 heavy (non-hydrogen) atoms. The molecule has 0 aliphatic rings. The molecule has 0 saturated heterocycles. The first-order valence-electron chi connectivity index (χ1n) is 9.94. The Bertz CT molecular complexity index is 1020. The minimum absolute atomic E-state index is 0.00450. The van der Waals surface area contributed by atoms with E-state index in [9.17, 15) is 9.59 Å². The van der Waals surface area contributed by atoms with Gasteiger partial charge in [-0.15, -0.1) is 0 Å². The van der Waals surface area contributed by atoms with Gasteiger partial charge in [-0.1, -0.05) is 35.3 Å². The van der Waals surface area contributed by atoms with Crippen LogP contribution in [0.2, 0.25) is 10.0 Å². The van der Waals surface area contributed by atoms with Gasteiger partial charge in [0.05, 0.1) is 12.7 Å². The van der Waals surface area contributed by atoms with Crippen LogP contribution in [0.3, 0.4) is 0 Å². The van der Waals surface area contributed by atoms with Crippen LogP contribution in [0, 0.1) is 0 Å². The third kappa shape index (κ3) is 6.84. The summed E-state index contributed by atoms with van der Waals surface area (Å²) in [6, 6.07) is 14.5. The molecule has 3 aromatic rings. The molecule has 1 heterocycles. The van der Waals surface area contributed by atoms with Crippen molar-refractivity contribution in [2.24, 2.45) is 0 Å². The molecule has 0 fully saturated rings. The highest BCUT2D eigenvalue weighted by Gasteiger charge is 2.17. The number of oxazole rings is 1. The first-order chi connectivity index (χ1) is 14.9. The second kappa shape index (κ2) is 11.0. The summed E-state index contributed by atoms with van der Waals surface area (Å²) in [6.45, 7) is 2.67.